The minimum absolute atomic E-state index is 0.863. The van der Waals surface area contributed by atoms with Crippen LogP contribution in [0.3, 0.4) is 0 Å². The lowest BCUT2D eigenvalue weighted by Crippen LogP contribution is -1.93. The molecule has 5 nitrogen and oxygen atoms in total. The lowest BCUT2D eigenvalue weighted by Gasteiger charge is -2.14. The number of nitrogens with zero attached hydrogens (tertiary/aromatic N) is 5. The Morgan fingerprint density at radius 3 is 1.75 bits per heavy atom. The van der Waals surface area contributed by atoms with Gasteiger partial charge in [-0.15, -0.1) is 0 Å². The Morgan fingerprint density at radius 2 is 0.966 bits per heavy atom. The number of rotatable bonds is 5. The summed E-state index contributed by atoms with van der Waals surface area (Å²) in [5.74, 6) is 0. The van der Waals surface area contributed by atoms with Crippen LogP contribution in [0, 0.1) is 0 Å². The predicted molar refractivity (Wildman–Crippen MR) is 243 cm³/mol. The van der Waals surface area contributed by atoms with E-state index in [4.69, 9.17) is 15.0 Å². The topological polar surface area (TPSA) is 56.0 Å². The van der Waals surface area contributed by atoms with Gasteiger partial charge in [0.05, 0.1) is 34.0 Å². The molecule has 12 rings (SSSR count). The molecular formula is C54H33N5. The molecule has 0 fully saturated rings. The van der Waals surface area contributed by atoms with Crippen LogP contribution in [0.25, 0.3) is 116 Å². The van der Waals surface area contributed by atoms with Crippen molar-refractivity contribution in [3.63, 3.8) is 0 Å². The lowest BCUT2D eigenvalue weighted by molar-refractivity contribution is 1.20. The maximum atomic E-state index is 5.25. The average molecular weight is 752 g/mol. The molecule has 0 radical (unpaired) electrons. The molecule has 0 unspecified atom stereocenters. The standard InChI is InChI=1S/C54H33N5/c1-2-11-35(12-3-1)51-33-59-30-28-44-52(54(59)58-51)43-15-6-7-16-48(43)57-53(44)36-22-20-34(21-23-36)37-24-26-41-42-27-25-38(32-46(42)40-14-5-4-13-39(40)45(41)31-37)47-18-10-19-50(56-47)49-17-8-9-29-55-49/h1-33H. The number of para-hydroxylation sites is 1. The average Bonchev–Trinajstić information content (AvgIpc) is 3.77. The summed E-state index contributed by atoms with van der Waals surface area (Å²) in [6.45, 7) is 0. The number of hydrogen-bond donors (Lipinski definition) is 0. The third-order valence-corrected chi connectivity index (χ3v) is 11.7. The highest BCUT2D eigenvalue weighted by molar-refractivity contribution is 6.26. The van der Waals surface area contributed by atoms with E-state index in [0.29, 0.717) is 0 Å². The van der Waals surface area contributed by atoms with Crippen LogP contribution in [-0.2, 0) is 0 Å². The first kappa shape index (κ1) is 33.2. The van der Waals surface area contributed by atoms with Crippen LogP contribution < -0.4 is 0 Å². The SMILES string of the molecule is c1ccc(-c2cn3ccc4c(-c5ccc(-c6ccc7c8ccc(-c9cccc(-c%10ccccn%10)n9)cc8c8ccccc8c7c6)cc5)nc5ccccc5c4c3n2)cc1. The van der Waals surface area contributed by atoms with E-state index in [1.165, 1.54) is 37.9 Å². The molecule has 274 valence electrons. The van der Waals surface area contributed by atoms with Gasteiger partial charge in [0.2, 0.25) is 0 Å². The minimum atomic E-state index is 0.863. The number of imidazole rings is 1. The molecule has 5 heterocycles. The Kier molecular flexibility index (Phi) is 7.47. The maximum Gasteiger partial charge on any atom is 0.146 e. The normalized spacial score (nSPS) is 11.7. The zero-order valence-electron chi connectivity index (χ0n) is 31.8. The van der Waals surface area contributed by atoms with Crippen LogP contribution in [0.5, 0.6) is 0 Å². The highest BCUT2D eigenvalue weighted by Crippen LogP contribution is 2.40. The van der Waals surface area contributed by atoms with Crippen molar-refractivity contribution in [1.29, 1.82) is 0 Å². The zero-order valence-corrected chi connectivity index (χ0v) is 31.8. The molecule has 0 amide bonds. The molecule has 0 aliphatic rings. The van der Waals surface area contributed by atoms with Crippen LogP contribution in [0.1, 0.15) is 0 Å². The molecule has 0 atom stereocenters. The fraction of sp³-hybridized carbons (Fsp3) is 0. The molecular weight excluding hydrogens is 719 g/mol. The van der Waals surface area contributed by atoms with Crippen LogP contribution in [0.15, 0.2) is 201 Å². The second-order valence-electron chi connectivity index (χ2n) is 15.1. The summed E-state index contributed by atoms with van der Waals surface area (Å²) >= 11 is 0. The molecule has 0 bridgehead atoms. The molecule has 5 heteroatoms. The van der Waals surface area contributed by atoms with E-state index in [1.54, 1.807) is 0 Å². The number of fused-ring (bicyclic) bond motifs is 11. The number of benzene rings is 7. The van der Waals surface area contributed by atoms with Gasteiger partial charge in [0.15, 0.2) is 0 Å². The molecule has 59 heavy (non-hydrogen) atoms. The molecule has 0 N–H and O–H groups in total. The van der Waals surface area contributed by atoms with Crippen molar-refractivity contribution in [3.8, 4) is 56.3 Å². The Labute approximate surface area is 339 Å². The Bertz CT molecular complexity index is 3570. The lowest BCUT2D eigenvalue weighted by atomic mass is 9.90. The minimum Gasteiger partial charge on any atom is -0.306 e. The molecule has 0 aliphatic heterocycles. The van der Waals surface area contributed by atoms with Gasteiger partial charge in [0.25, 0.3) is 0 Å². The first-order chi connectivity index (χ1) is 29.2. The Morgan fingerprint density at radius 1 is 0.339 bits per heavy atom. The summed E-state index contributed by atoms with van der Waals surface area (Å²) in [5.41, 5.74) is 12.0. The van der Waals surface area contributed by atoms with Crippen molar-refractivity contribution in [2.75, 3.05) is 0 Å². The molecule has 7 aromatic carbocycles. The summed E-state index contributed by atoms with van der Waals surface area (Å²) in [5, 5.41) is 10.6. The van der Waals surface area contributed by atoms with Gasteiger partial charge in [-0.1, -0.05) is 133 Å². The molecule has 0 spiro atoms. The second-order valence-corrected chi connectivity index (χ2v) is 15.1. The third kappa shape index (κ3) is 5.47. The number of hydrogen-bond acceptors (Lipinski definition) is 4. The fourth-order valence-corrected chi connectivity index (χ4v) is 8.81. The van der Waals surface area contributed by atoms with Gasteiger partial charge in [-0.3, -0.25) is 4.98 Å². The fourth-order valence-electron chi connectivity index (χ4n) is 8.81. The van der Waals surface area contributed by atoms with E-state index in [2.05, 4.69) is 173 Å². The van der Waals surface area contributed by atoms with E-state index in [0.717, 1.165) is 78.0 Å². The van der Waals surface area contributed by atoms with E-state index in [9.17, 15) is 0 Å². The second kappa shape index (κ2) is 13.3. The number of pyridine rings is 4. The van der Waals surface area contributed by atoms with E-state index in [-0.39, 0.29) is 0 Å². The molecule has 0 aliphatic carbocycles. The summed E-state index contributed by atoms with van der Waals surface area (Å²) < 4.78 is 2.13. The summed E-state index contributed by atoms with van der Waals surface area (Å²) in [4.78, 5) is 20.0. The van der Waals surface area contributed by atoms with Crippen molar-refractivity contribution in [1.82, 2.24) is 24.3 Å². The zero-order chi connectivity index (χ0) is 38.9. The monoisotopic (exact) mass is 751 g/mol. The van der Waals surface area contributed by atoms with Gasteiger partial charge in [-0.25, -0.2) is 15.0 Å². The van der Waals surface area contributed by atoms with E-state index in [1.807, 2.05) is 36.5 Å². The van der Waals surface area contributed by atoms with Gasteiger partial charge in [0.1, 0.15) is 5.65 Å². The number of aromatic nitrogens is 5. The van der Waals surface area contributed by atoms with E-state index < -0.39 is 0 Å². The van der Waals surface area contributed by atoms with Crippen LogP contribution in [-0.4, -0.2) is 24.3 Å². The van der Waals surface area contributed by atoms with Crippen LogP contribution >= 0.6 is 0 Å². The largest absolute Gasteiger partial charge is 0.306 e. The highest BCUT2D eigenvalue weighted by atomic mass is 15.0. The third-order valence-electron chi connectivity index (χ3n) is 11.7. The molecule has 0 saturated carbocycles. The first-order valence-electron chi connectivity index (χ1n) is 19.9. The van der Waals surface area contributed by atoms with Gasteiger partial charge >= 0.3 is 0 Å². The van der Waals surface area contributed by atoms with Gasteiger partial charge < -0.3 is 4.40 Å². The van der Waals surface area contributed by atoms with Crippen molar-refractivity contribution >= 4 is 59.6 Å². The summed E-state index contributed by atoms with van der Waals surface area (Å²) in [6, 6.07) is 64.2. The van der Waals surface area contributed by atoms with Crippen molar-refractivity contribution in [2.24, 2.45) is 0 Å². The van der Waals surface area contributed by atoms with Gasteiger partial charge in [0, 0.05) is 51.4 Å². The molecule has 0 saturated heterocycles. The van der Waals surface area contributed by atoms with E-state index >= 15 is 0 Å². The quantitative estimate of drug-likeness (QED) is 0.164. The predicted octanol–water partition coefficient (Wildman–Crippen LogP) is 13.6. The smallest absolute Gasteiger partial charge is 0.146 e. The highest BCUT2D eigenvalue weighted by Gasteiger charge is 2.17. The van der Waals surface area contributed by atoms with Crippen molar-refractivity contribution < 1.29 is 0 Å². The van der Waals surface area contributed by atoms with Crippen molar-refractivity contribution in [3.05, 3.63) is 201 Å². The Balaban J connectivity index is 0.951. The Hall–Kier alpha value is -8.02. The van der Waals surface area contributed by atoms with Crippen molar-refractivity contribution in [2.45, 2.75) is 0 Å². The molecule has 5 aromatic heterocycles. The summed E-state index contributed by atoms with van der Waals surface area (Å²) in [6.07, 6.45) is 6.03. The van der Waals surface area contributed by atoms with Gasteiger partial charge in [-0.05, 0) is 92.0 Å². The van der Waals surface area contributed by atoms with Crippen LogP contribution in [0.2, 0.25) is 0 Å². The summed E-state index contributed by atoms with van der Waals surface area (Å²) in [7, 11) is 0. The van der Waals surface area contributed by atoms with Gasteiger partial charge in [-0.2, -0.15) is 0 Å². The van der Waals surface area contributed by atoms with Crippen LogP contribution in [0.4, 0.5) is 0 Å². The first-order valence-corrected chi connectivity index (χ1v) is 19.9. The molecule has 12 aromatic rings. The maximum absolute atomic E-state index is 5.25.